The summed E-state index contributed by atoms with van der Waals surface area (Å²) in [5.74, 6) is -1.91. The summed E-state index contributed by atoms with van der Waals surface area (Å²) >= 11 is 0. The predicted molar refractivity (Wildman–Crippen MR) is 94.0 cm³/mol. The second-order valence-corrected chi connectivity index (χ2v) is 6.11. The van der Waals surface area contributed by atoms with Crippen molar-refractivity contribution in [2.45, 2.75) is 19.8 Å². The average molecular weight is 368 g/mol. The van der Waals surface area contributed by atoms with Crippen LogP contribution in [0.5, 0.6) is 0 Å². The van der Waals surface area contributed by atoms with E-state index in [1.807, 2.05) is 0 Å². The van der Waals surface area contributed by atoms with Crippen molar-refractivity contribution in [2.24, 2.45) is 5.16 Å². The van der Waals surface area contributed by atoms with E-state index in [4.69, 9.17) is 5.21 Å². The lowest BCUT2D eigenvalue weighted by molar-refractivity contribution is 0.319. The van der Waals surface area contributed by atoms with Gasteiger partial charge in [0.25, 0.3) is 0 Å². The topological polar surface area (TPSA) is 88.6 Å². The largest absolute Gasteiger partial charge is 0.411 e. The third kappa shape index (κ3) is 2.67. The molecule has 9 heteroatoms. The minimum absolute atomic E-state index is 0.135. The molecule has 0 bridgehead atoms. The number of hydrogen-bond donors (Lipinski definition) is 1. The second-order valence-electron chi connectivity index (χ2n) is 6.11. The van der Waals surface area contributed by atoms with Gasteiger partial charge in [-0.3, -0.25) is 4.98 Å². The van der Waals surface area contributed by atoms with Gasteiger partial charge < -0.3 is 5.21 Å². The summed E-state index contributed by atoms with van der Waals surface area (Å²) in [6.45, 7) is 3.21. The Bertz CT molecular complexity index is 1200. The van der Waals surface area contributed by atoms with Gasteiger partial charge in [-0.05, 0) is 31.2 Å². The summed E-state index contributed by atoms with van der Waals surface area (Å²) in [5.41, 5.74) is 1.20. The molecule has 0 aliphatic rings. The molecule has 1 atom stereocenters. The van der Waals surface area contributed by atoms with Crippen molar-refractivity contribution >= 4 is 22.3 Å². The molecule has 1 aromatic carbocycles. The average Bonchev–Trinajstić information content (AvgIpc) is 3.10. The molecule has 0 amide bonds. The lowest BCUT2D eigenvalue weighted by Crippen LogP contribution is -2.11. The Morgan fingerprint density at radius 1 is 1.22 bits per heavy atom. The van der Waals surface area contributed by atoms with Crippen LogP contribution < -0.4 is 0 Å². The number of oxime groups is 1. The summed E-state index contributed by atoms with van der Waals surface area (Å²) in [6.07, 6.45) is 1.48. The number of aromatic nitrogens is 5. The molecule has 3 heterocycles. The lowest BCUT2D eigenvalue weighted by Gasteiger charge is -2.14. The smallest absolute Gasteiger partial charge is 0.177 e. The van der Waals surface area contributed by atoms with E-state index in [-0.39, 0.29) is 22.3 Å². The number of fused-ring (bicyclic) bond motifs is 2. The molecule has 0 spiro atoms. The van der Waals surface area contributed by atoms with Gasteiger partial charge in [0.05, 0.1) is 5.52 Å². The Morgan fingerprint density at radius 2 is 2.04 bits per heavy atom. The maximum atomic E-state index is 15.0. The Kier molecular flexibility index (Phi) is 3.98. The van der Waals surface area contributed by atoms with Crippen LogP contribution in [0.3, 0.4) is 0 Å². The van der Waals surface area contributed by atoms with Crippen molar-refractivity contribution < 1.29 is 14.0 Å². The zero-order chi connectivity index (χ0) is 19.1. The molecular formula is C18H14F2N6O. The normalized spacial score (nSPS) is 13.4. The highest BCUT2D eigenvalue weighted by atomic mass is 19.1. The molecule has 0 saturated carbocycles. The first kappa shape index (κ1) is 17.0. The Morgan fingerprint density at radius 3 is 2.81 bits per heavy atom. The fraction of sp³-hybridized carbons (Fsp3) is 0.167. The molecule has 1 N–H and O–H groups in total. The first-order valence-corrected chi connectivity index (χ1v) is 8.15. The minimum atomic E-state index is -0.765. The predicted octanol–water partition coefficient (Wildman–Crippen LogP) is 3.30. The van der Waals surface area contributed by atoms with E-state index >= 15 is 4.39 Å². The van der Waals surface area contributed by atoms with E-state index < -0.39 is 17.6 Å². The van der Waals surface area contributed by atoms with Gasteiger partial charge in [-0.2, -0.15) is 9.61 Å². The van der Waals surface area contributed by atoms with Crippen molar-refractivity contribution in [3.63, 3.8) is 0 Å². The van der Waals surface area contributed by atoms with Crippen molar-refractivity contribution in [1.29, 1.82) is 0 Å². The quantitative estimate of drug-likeness (QED) is 0.340. The molecule has 0 fully saturated rings. The number of rotatable bonds is 3. The molecule has 0 saturated heterocycles. The lowest BCUT2D eigenvalue weighted by atomic mass is 9.97. The second kappa shape index (κ2) is 6.35. The summed E-state index contributed by atoms with van der Waals surface area (Å²) in [6, 6.07) is 7.60. The van der Waals surface area contributed by atoms with Crippen LogP contribution in [0.15, 0.2) is 41.7 Å². The molecule has 4 rings (SSSR count). The third-order valence-corrected chi connectivity index (χ3v) is 4.46. The highest BCUT2D eigenvalue weighted by molar-refractivity contribution is 5.96. The summed E-state index contributed by atoms with van der Waals surface area (Å²) in [5, 5.41) is 24.7. The highest BCUT2D eigenvalue weighted by Gasteiger charge is 2.25. The molecule has 0 unspecified atom stereocenters. The number of hydrogen-bond acceptors (Lipinski definition) is 6. The molecular weight excluding hydrogens is 354 g/mol. The highest BCUT2D eigenvalue weighted by Crippen LogP contribution is 2.31. The summed E-state index contributed by atoms with van der Waals surface area (Å²) in [4.78, 5) is 3.99. The van der Waals surface area contributed by atoms with E-state index in [0.29, 0.717) is 17.1 Å². The van der Waals surface area contributed by atoms with Crippen LogP contribution in [0, 0.1) is 11.6 Å². The zero-order valence-corrected chi connectivity index (χ0v) is 14.4. The standard InChI is InChI=1S/C18H14F2N6O/c1-9(16-12(19)8-14-11(17(16)20)4-3-7-21-14)18-23-22-15-6-5-13(10(2)25-27)24-26(15)18/h3-9,27H,1-2H3/b25-10+/t9-/m1/s1. The first-order chi connectivity index (χ1) is 13.0. The number of nitrogens with zero attached hydrogens (tertiary/aromatic N) is 6. The molecule has 7 nitrogen and oxygen atoms in total. The van der Waals surface area contributed by atoms with Gasteiger partial charge in [0.2, 0.25) is 0 Å². The minimum Gasteiger partial charge on any atom is -0.411 e. The van der Waals surface area contributed by atoms with Gasteiger partial charge in [-0.25, -0.2) is 8.78 Å². The Balaban J connectivity index is 1.91. The monoisotopic (exact) mass is 368 g/mol. The molecule has 136 valence electrons. The summed E-state index contributed by atoms with van der Waals surface area (Å²) < 4.78 is 31.1. The number of benzene rings is 1. The summed E-state index contributed by atoms with van der Waals surface area (Å²) in [7, 11) is 0. The maximum absolute atomic E-state index is 15.0. The molecule has 27 heavy (non-hydrogen) atoms. The van der Waals surface area contributed by atoms with Crippen LogP contribution in [0.1, 0.15) is 36.8 Å². The van der Waals surface area contributed by atoms with E-state index in [1.54, 1.807) is 38.1 Å². The third-order valence-electron chi connectivity index (χ3n) is 4.46. The molecule has 3 aromatic heterocycles. The number of pyridine rings is 1. The van der Waals surface area contributed by atoms with Crippen LogP contribution >= 0.6 is 0 Å². The van der Waals surface area contributed by atoms with Crippen LogP contribution in [0.2, 0.25) is 0 Å². The number of halogens is 2. The maximum Gasteiger partial charge on any atom is 0.177 e. The van der Waals surface area contributed by atoms with Gasteiger partial charge in [0.1, 0.15) is 23.0 Å². The van der Waals surface area contributed by atoms with Crippen LogP contribution in [0.25, 0.3) is 16.6 Å². The van der Waals surface area contributed by atoms with Gasteiger partial charge >= 0.3 is 0 Å². The zero-order valence-electron chi connectivity index (χ0n) is 14.4. The van der Waals surface area contributed by atoms with Gasteiger partial charge in [0, 0.05) is 29.1 Å². The van der Waals surface area contributed by atoms with E-state index in [1.165, 1.54) is 16.8 Å². The van der Waals surface area contributed by atoms with Crippen molar-refractivity contribution in [1.82, 2.24) is 24.8 Å². The van der Waals surface area contributed by atoms with Crippen LogP contribution in [-0.2, 0) is 0 Å². The molecule has 0 radical (unpaired) electrons. The Labute approximate surface area is 152 Å². The van der Waals surface area contributed by atoms with Crippen molar-refractivity contribution in [3.05, 3.63) is 65.2 Å². The molecule has 4 aromatic rings. The van der Waals surface area contributed by atoms with Crippen LogP contribution in [0.4, 0.5) is 8.78 Å². The SMILES string of the molecule is C/C(=N\O)c1ccc2nnc([C@H](C)c3c(F)cc4ncccc4c3F)n2n1. The van der Waals surface area contributed by atoms with E-state index in [0.717, 1.165) is 0 Å². The molecule has 0 aliphatic heterocycles. The molecule has 0 aliphatic carbocycles. The fourth-order valence-electron chi connectivity index (χ4n) is 3.01. The van der Waals surface area contributed by atoms with Gasteiger partial charge in [0.15, 0.2) is 11.5 Å². The van der Waals surface area contributed by atoms with Crippen molar-refractivity contribution in [3.8, 4) is 0 Å². The van der Waals surface area contributed by atoms with Crippen LogP contribution in [-0.4, -0.2) is 35.7 Å². The van der Waals surface area contributed by atoms with Crippen molar-refractivity contribution in [2.75, 3.05) is 0 Å². The van der Waals surface area contributed by atoms with Gasteiger partial charge in [-0.1, -0.05) is 12.1 Å². The van der Waals surface area contributed by atoms with E-state index in [9.17, 15) is 4.39 Å². The fourth-order valence-corrected chi connectivity index (χ4v) is 3.01. The Hall–Kier alpha value is -3.49. The van der Waals surface area contributed by atoms with Gasteiger partial charge in [-0.15, -0.1) is 10.2 Å². The first-order valence-electron chi connectivity index (χ1n) is 8.15. The van der Waals surface area contributed by atoms with E-state index in [2.05, 4.69) is 25.4 Å².